The van der Waals surface area contributed by atoms with Gasteiger partial charge in [-0.05, 0) is 12.1 Å². The predicted molar refractivity (Wildman–Crippen MR) is 64.3 cm³/mol. The Morgan fingerprint density at radius 1 is 1.33 bits per heavy atom. The molecule has 0 aliphatic carbocycles. The van der Waals surface area contributed by atoms with Crippen LogP contribution in [-0.2, 0) is 11.5 Å². The van der Waals surface area contributed by atoms with E-state index < -0.39 is 11.7 Å². The summed E-state index contributed by atoms with van der Waals surface area (Å²) in [7, 11) is 0. The molecule has 0 saturated heterocycles. The zero-order chi connectivity index (χ0) is 13.3. The SMILES string of the molecule is Cc1nc(-c2cccc(C(F)(F)F)c2)c(CBr)o1. The van der Waals surface area contributed by atoms with Crippen molar-refractivity contribution >= 4 is 15.9 Å². The van der Waals surface area contributed by atoms with Gasteiger partial charge in [-0.15, -0.1) is 0 Å². The Morgan fingerprint density at radius 2 is 2.06 bits per heavy atom. The van der Waals surface area contributed by atoms with E-state index in [1.54, 1.807) is 13.0 Å². The van der Waals surface area contributed by atoms with Crippen LogP contribution < -0.4 is 0 Å². The first-order valence-corrected chi connectivity index (χ1v) is 6.24. The normalized spacial score (nSPS) is 11.8. The molecule has 2 nitrogen and oxygen atoms in total. The zero-order valence-electron chi connectivity index (χ0n) is 9.38. The largest absolute Gasteiger partial charge is 0.444 e. The first-order chi connectivity index (χ1) is 8.41. The van der Waals surface area contributed by atoms with Crippen LogP contribution >= 0.6 is 15.9 Å². The van der Waals surface area contributed by atoms with Gasteiger partial charge < -0.3 is 4.42 Å². The number of halogens is 4. The molecule has 2 rings (SSSR count). The van der Waals surface area contributed by atoms with E-state index in [0.29, 0.717) is 28.2 Å². The number of oxazole rings is 1. The third-order valence-corrected chi connectivity index (χ3v) is 2.90. The number of rotatable bonds is 2. The second kappa shape index (κ2) is 4.76. The summed E-state index contributed by atoms with van der Waals surface area (Å²) in [5, 5.41) is 0.402. The van der Waals surface area contributed by atoms with Crippen molar-refractivity contribution in [1.29, 1.82) is 0 Å². The molecule has 0 saturated carbocycles. The standard InChI is InChI=1S/C12H9BrF3NO/c1-7-17-11(10(6-13)18-7)8-3-2-4-9(5-8)12(14,15)16/h2-5H,6H2,1H3. The summed E-state index contributed by atoms with van der Waals surface area (Å²) in [5.74, 6) is 0.948. The molecule has 96 valence electrons. The summed E-state index contributed by atoms with van der Waals surface area (Å²) in [6.07, 6.45) is -4.36. The van der Waals surface area contributed by atoms with Gasteiger partial charge in [0.2, 0.25) is 0 Å². The Bertz CT molecular complexity index is 563. The molecule has 0 N–H and O–H groups in total. The minimum atomic E-state index is -4.36. The van der Waals surface area contributed by atoms with E-state index >= 15 is 0 Å². The Labute approximate surface area is 110 Å². The zero-order valence-corrected chi connectivity index (χ0v) is 11.0. The number of hydrogen-bond acceptors (Lipinski definition) is 2. The molecule has 0 fully saturated rings. The fourth-order valence-electron chi connectivity index (χ4n) is 1.63. The van der Waals surface area contributed by atoms with Crippen molar-refractivity contribution < 1.29 is 17.6 Å². The van der Waals surface area contributed by atoms with Gasteiger partial charge in [-0.2, -0.15) is 13.2 Å². The summed E-state index contributed by atoms with van der Waals surface area (Å²) >= 11 is 3.22. The predicted octanol–water partition coefficient (Wildman–Crippen LogP) is 4.56. The highest BCUT2D eigenvalue weighted by molar-refractivity contribution is 9.08. The highest BCUT2D eigenvalue weighted by Gasteiger charge is 2.30. The third-order valence-electron chi connectivity index (χ3n) is 2.39. The fraction of sp³-hybridized carbons (Fsp3) is 0.250. The lowest BCUT2D eigenvalue weighted by atomic mass is 10.1. The Kier molecular flexibility index (Phi) is 3.47. The molecule has 0 aliphatic rings. The van der Waals surface area contributed by atoms with Crippen molar-refractivity contribution in [2.75, 3.05) is 0 Å². The summed E-state index contributed by atoms with van der Waals surface area (Å²) in [4.78, 5) is 4.11. The maximum absolute atomic E-state index is 12.6. The molecule has 1 aromatic carbocycles. The molecule has 2 aromatic rings. The molecule has 1 heterocycles. The van der Waals surface area contributed by atoms with Crippen molar-refractivity contribution in [2.24, 2.45) is 0 Å². The van der Waals surface area contributed by atoms with Crippen LogP contribution in [0.3, 0.4) is 0 Å². The molecule has 0 spiro atoms. The maximum atomic E-state index is 12.6. The molecule has 0 radical (unpaired) electrons. The maximum Gasteiger partial charge on any atom is 0.416 e. The van der Waals surface area contributed by atoms with E-state index in [0.717, 1.165) is 12.1 Å². The van der Waals surface area contributed by atoms with Crippen molar-refractivity contribution in [2.45, 2.75) is 18.4 Å². The van der Waals surface area contributed by atoms with Crippen LogP contribution in [0, 0.1) is 6.92 Å². The van der Waals surface area contributed by atoms with Gasteiger partial charge in [0.15, 0.2) is 5.89 Å². The summed E-state index contributed by atoms with van der Waals surface area (Å²) < 4.78 is 43.2. The molecule has 18 heavy (non-hydrogen) atoms. The summed E-state index contributed by atoms with van der Waals surface area (Å²) in [6, 6.07) is 5.05. The number of aryl methyl sites for hydroxylation is 1. The van der Waals surface area contributed by atoms with E-state index in [2.05, 4.69) is 20.9 Å². The molecular formula is C12H9BrF3NO. The Balaban J connectivity index is 2.51. The number of nitrogens with zero attached hydrogens (tertiary/aromatic N) is 1. The molecule has 0 aliphatic heterocycles. The summed E-state index contributed by atoms with van der Waals surface area (Å²) in [6.45, 7) is 1.66. The minimum Gasteiger partial charge on any atom is -0.444 e. The monoisotopic (exact) mass is 319 g/mol. The van der Waals surface area contributed by atoms with E-state index in [4.69, 9.17) is 4.42 Å². The van der Waals surface area contributed by atoms with Crippen LogP contribution in [0.1, 0.15) is 17.2 Å². The van der Waals surface area contributed by atoms with Crippen LogP contribution in [-0.4, -0.2) is 4.98 Å². The van der Waals surface area contributed by atoms with Gasteiger partial charge in [0.05, 0.1) is 10.9 Å². The molecule has 0 atom stereocenters. The van der Waals surface area contributed by atoms with Crippen molar-refractivity contribution in [3.63, 3.8) is 0 Å². The van der Waals surface area contributed by atoms with Gasteiger partial charge >= 0.3 is 6.18 Å². The second-order valence-electron chi connectivity index (χ2n) is 3.72. The lowest BCUT2D eigenvalue weighted by molar-refractivity contribution is -0.137. The number of benzene rings is 1. The van der Waals surface area contributed by atoms with Gasteiger partial charge in [0.1, 0.15) is 11.5 Å². The molecule has 0 unspecified atom stereocenters. The molecule has 0 amide bonds. The molecule has 0 bridgehead atoms. The van der Waals surface area contributed by atoms with Gasteiger partial charge in [0.25, 0.3) is 0 Å². The highest BCUT2D eigenvalue weighted by atomic mass is 79.9. The van der Waals surface area contributed by atoms with Gasteiger partial charge in [-0.25, -0.2) is 4.98 Å². The van der Waals surface area contributed by atoms with E-state index in [-0.39, 0.29) is 0 Å². The highest BCUT2D eigenvalue weighted by Crippen LogP contribution is 2.33. The van der Waals surface area contributed by atoms with E-state index in [9.17, 15) is 13.2 Å². The number of hydrogen-bond donors (Lipinski definition) is 0. The van der Waals surface area contributed by atoms with Crippen LogP contribution in [0.2, 0.25) is 0 Å². The molecular weight excluding hydrogens is 311 g/mol. The number of aromatic nitrogens is 1. The lowest BCUT2D eigenvalue weighted by Crippen LogP contribution is -2.04. The lowest BCUT2D eigenvalue weighted by Gasteiger charge is -2.07. The molecule has 1 aromatic heterocycles. The van der Waals surface area contributed by atoms with Crippen LogP contribution in [0.5, 0.6) is 0 Å². The van der Waals surface area contributed by atoms with Crippen LogP contribution in [0.15, 0.2) is 28.7 Å². The van der Waals surface area contributed by atoms with Gasteiger partial charge in [-0.1, -0.05) is 28.1 Å². The third kappa shape index (κ3) is 2.58. The van der Waals surface area contributed by atoms with Crippen molar-refractivity contribution in [3.05, 3.63) is 41.5 Å². The van der Waals surface area contributed by atoms with E-state index in [1.165, 1.54) is 6.07 Å². The smallest absolute Gasteiger partial charge is 0.416 e. The number of alkyl halides is 4. The second-order valence-corrected chi connectivity index (χ2v) is 4.28. The Morgan fingerprint density at radius 3 is 2.67 bits per heavy atom. The first-order valence-electron chi connectivity index (χ1n) is 5.11. The first kappa shape index (κ1) is 13.1. The van der Waals surface area contributed by atoms with Crippen molar-refractivity contribution in [3.8, 4) is 11.3 Å². The quantitative estimate of drug-likeness (QED) is 0.758. The summed E-state index contributed by atoms with van der Waals surface area (Å²) in [5.41, 5.74) is 0.146. The molecule has 6 heteroatoms. The van der Waals surface area contributed by atoms with E-state index in [1.807, 2.05) is 0 Å². The average Bonchev–Trinajstić information content (AvgIpc) is 2.69. The van der Waals surface area contributed by atoms with Crippen LogP contribution in [0.4, 0.5) is 13.2 Å². The fourth-order valence-corrected chi connectivity index (χ4v) is 2.01. The minimum absolute atomic E-state index is 0.399. The van der Waals surface area contributed by atoms with Crippen molar-refractivity contribution in [1.82, 2.24) is 4.98 Å². The van der Waals surface area contributed by atoms with Gasteiger partial charge in [0, 0.05) is 12.5 Å². The van der Waals surface area contributed by atoms with Gasteiger partial charge in [-0.3, -0.25) is 0 Å². The average molecular weight is 320 g/mol. The topological polar surface area (TPSA) is 26.0 Å². The Hall–Kier alpha value is -1.30. The van der Waals surface area contributed by atoms with Crippen LogP contribution in [0.25, 0.3) is 11.3 Å².